The van der Waals surface area contributed by atoms with Crippen LogP contribution in [0.3, 0.4) is 0 Å². The number of aromatic nitrogens is 1. The van der Waals surface area contributed by atoms with Crippen LogP contribution in [-0.4, -0.2) is 50.3 Å². The highest BCUT2D eigenvalue weighted by molar-refractivity contribution is 7.14. The van der Waals surface area contributed by atoms with E-state index in [1.54, 1.807) is 17.5 Å². The summed E-state index contributed by atoms with van der Waals surface area (Å²) in [5.74, 6) is -0.152. The van der Waals surface area contributed by atoms with Crippen LogP contribution in [0.25, 0.3) is 0 Å². The molecule has 2 heterocycles. The van der Waals surface area contributed by atoms with Crippen molar-refractivity contribution in [2.24, 2.45) is 0 Å². The molecule has 9 heteroatoms. The van der Waals surface area contributed by atoms with Crippen LogP contribution in [0, 0.1) is 0 Å². The number of benzene rings is 1. The van der Waals surface area contributed by atoms with Crippen molar-refractivity contribution in [3.05, 3.63) is 39.3 Å². The molecule has 2 aromatic rings. The first kappa shape index (κ1) is 19.4. The van der Waals surface area contributed by atoms with Crippen LogP contribution in [0.1, 0.15) is 16.9 Å². The summed E-state index contributed by atoms with van der Waals surface area (Å²) in [5.41, 5.74) is 1.19. The molecule has 0 spiro atoms. The van der Waals surface area contributed by atoms with Crippen LogP contribution in [0.15, 0.2) is 23.6 Å². The largest absolute Gasteiger partial charge is 0.370 e. The predicted octanol–water partition coefficient (Wildman–Crippen LogP) is 2.23. The number of halogens is 2. The maximum Gasteiger partial charge on any atom is 0.270 e. The third-order valence-corrected chi connectivity index (χ3v) is 5.60. The molecule has 3 rings (SSSR count). The normalized spacial score (nSPS) is 15.0. The lowest BCUT2D eigenvalue weighted by Gasteiger charge is -2.23. The molecule has 1 fully saturated rings. The van der Waals surface area contributed by atoms with Crippen LogP contribution in [0.2, 0.25) is 10.0 Å². The monoisotopic (exact) mass is 415 g/mol. The van der Waals surface area contributed by atoms with Gasteiger partial charge in [-0.2, -0.15) is 0 Å². The zero-order valence-electron chi connectivity index (χ0n) is 14.2. The Morgan fingerprint density at radius 1 is 1.27 bits per heavy atom. The Balaban J connectivity index is 1.44. The van der Waals surface area contributed by atoms with Crippen LogP contribution >= 0.6 is 34.5 Å². The maximum atomic E-state index is 12.2. The molecule has 1 amide bonds. The Bertz CT molecular complexity index is 750. The van der Waals surface area contributed by atoms with Gasteiger partial charge in [0.15, 0.2) is 5.13 Å². The van der Waals surface area contributed by atoms with Gasteiger partial charge in [0, 0.05) is 24.0 Å². The highest BCUT2D eigenvalue weighted by Gasteiger charge is 2.14. The van der Waals surface area contributed by atoms with E-state index in [1.807, 2.05) is 6.07 Å². The minimum absolute atomic E-state index is 0.152. The number of hydrogen-bond acceptors (Lipinski definition) is 5. The van der Waals surface area contributed by atoms with Crippen molar-refractivity contribution in [1.82, 2.24) is 10.3 Å². The molecular formula is C17H21Cl2N4O2S+. The first-order chi connectivity index (χ1) is 12.6. The molecule has 6 nitrogen and oxygen atoms in total. The van der Waals surface area contributed by atoms with Crippen LogP contribution < -0.4 is 15.5 Å². The minimum atomic E-state index is -0.152. The van der Waals surface area contributed by atoms with Crippen LogP contribution in [0.5, 0.6) is 0 Å². The number of hydrogen-bond donors (Lipinski definition) is 3. The summed E-state index contributed by atoms with van der Waals surface area (Å²) in [5, 5.41) is 9.38. The zero-order valence-corrected chi connectivity index (χ0v) is 16.5. The van der Waals surface area contributed by atoms with Gasteiger partial charge in [-0.1, -0.05) is 23.2 Å². The molecule has 0 unspecified atom stereocenters. The summed E-state index contributed by atoms with van der Waals surface area (Å²) >= 11 is 13.3. The van der Waals surface area contributed by atoms with Gasteiger partial charge in [0.25, 0.3) is 5.91 Å². The second-order valence-electron chi connectivity index (χ2n) is 6.01. The summed E-state index contributed by atoms with van der Waals surface area (Å²) in [6, 6.07) is 5.24. The number of nitrogens with zero attached hydrogens (tertiary/aromatic N) is 1. The fraction of sp³-hybridized carbons (Fsp3) is 0.412. The average molecular weight is 416 g/mol. The average Bonchev–Trinajstić information content (AvgIpc) is 3.11. The summed E-state index contributed by atoms with van der Waals surface area (Å²) in [6.45, 7) is 5.44. The molecule has 3 N–H and O–H groups in total. The molecule has 0 atom stereocenters. The van der Waals surface area contributed by atoms with Crippen LogP contribution in [-0.2, 0) is 4.74 Å². The number of thiazole rings is 1. The molecule has 1 aromatic carbocycles. The quantitative estimate of drug-likeness (QED) is 0.606. The van der Waals surface area contributed by atoms with Gasteiger partial charge in [0.2, 0.25) is 0 Å². The zero-order chi connectivity index (χ0) is 18.4. The van der Waals surface area contributed by atoms with Gasteiger partial charge in [-0.25, -0.2) is 4.98 Å². The highest BCUT2D eigenvalue weighted by atomic mass is 35.5. The maximum absolute atomic E-state index is 12.2. The lowest BCUT2D eigenvalue weighted by atomic mass is 10.3. The fourth-order valence-corrected chi connectivity index (χ4v) is 3.68. The number of ether oxygens (including phenoxy) is 1. The van der Waals surface area contributed by atoms with Gasteiger partial charge in [-0.15, -0.1) is 11.3 Å². The molecule has 1 aliphatic heterocycles. The Kier molecular flexibility index (Phi) is 7.10. The van der Waals surface area contributed by atoms with E-state index in [-0.39, 0.29) is 5.91 Å². The Labute approximate surface area is 166 Å². The first-order valence-corrected chi connectivity index (χ1v) is 10.1. The molecule has 26 heavy (non-hydrogen) atoms. The number of anilines is 2. The van der Waals surface area contributed by atoms with Crippen molar-refractivity contribution in [2.45, 2.75) is 6.42 Å². The predicted molar refractivity (Wildman–Crippen MR) is 105 cm³/mol. The van der Waals surface area contributed by atoms with Gasteiger partial charge in [-0.05, 0) is 18.2 Å². The van der Waals surface area contributed by atoms with Gasteiger partial charge in [0.05, 0.1) is 29.8 Å². The molecule has 1 aromatic heterocycles. The lowest BCUT2D eigenvalue weighted by molar-refractivity contribution is -0.908. The number of amides is 1. The van der Waals surface area contributed by atoms with E-state index in [1.165, 1.54) is 16.2 Å². The number of carbonyl (C=O) groups is 1. The summed E-state index contributed by atoms with van der Waals surface area (Å²) < 4.78 is 5.34. The second-order valence-corrected chi connectivity index (χ2v) is 7.69. The van der Waals surface area contributed by atoms with Crippen molar-refractivity contribution in [2.75, 3.05) is 44.7 Å². The van der Waals surface area contributed by atoms with Crippen molar-refractivity contribution in [3.63, 3.8) is 0 Å². The third-order valence-electron chi connectivity index (χ3n) is 4.10. The number of quaternary nitrogens is 1. The van der Waals surface area contributed by atoms with E-state index in [0.717, 1.165) is 45.0 Å². The van der Waals surface area contributed by atoms with E-state index in [2.05, 4.69) is 15.6 Å². The van der Waals surface area contributed by atoms with Crippen molar-refractivity contribution in [3.8, 4) is 0 Å². The molecular weight excluding hydrogens is 395 g/mol. The standard InChI is InChI=1S/C17H20Cl2N4O2S/c18-13-3-2-12(10-14(13)19)21-17-22-15(11-26-17)16(24)20-4-1-5-23-6-8-25-9-7-23/h2-3,10-11H,1,4-9H2,(H,20,24)(H,21,22)/p+1. The number of nitrogens with one attached hydrogen (secondary N) is 3. The van der Waals surface area contributed by atoms with Crippen molar-refractivity contribution >= 4 is 51.3 Å². The Morgan fingerprint density at radius 2 is 2.08 bits per heavy atom. The fourth-order valence-electron chi connectivity index (χ4n) is 2.67. The van der Waals surface area contributed by atoms with E-state index >= 15 is 0 Å². The molecule has 1 aliphatic rings. The topological polar surface area (TPSA) is 67.7 Å². The lowest BCUT2D eigenvalue weighted by Crippen LogP contribution is -3.14. The van der Waals surface area contributed by atoms with E-state index < -0.39 is 0 Å². The van der Waals surface area contributed by atoms with Crippen molar-refractivity contribution in [1.29, 1.82) is 0 Å². The SMILES string of the molecule is O=C(NCCC[NH+]1CCOCC1)c1csc(Nc2ccc(Cl)c(Cl)c2)n1. The van der Waals surface area contributed by atoms with Gasteiger partial charge in [-0.3, -0.25) is 4.79 Å². The molecule has 140 valence electrons. The molecule has 0 radical (unpaired) electrons. The number of morpholine rings is 1. The van der Waals surface area contributed by atoms with E-state index in [0.29, 0.717) is 27.4 Å². The Morgan fingerprint density at radius 3 is 2.85 bits per heavy atom. The molecule has 1 saturated heterocycles. The molecule has 0 saturated carbocycles. The second kappa shape index (κ2) is 9.53. The summed E-state index contributed by atoms with van der Waals surface area (Å²) in [4.78, 5) is 18.1. The van der Waals surface area contributed by atoms with E-state index in [9.17, 15) is 4.79 Å². The number of rotatable bonds is 7. The molecule has 0 bridgehead atoms. The smallest absolute Gasteiger partial charge is 0.270 e. The first-order valence-electron chi connectivity index (χ1n) is 8.49. The van der Waals surface area contributed by atoms with Gasteiger partial charge < -0.3 is 20.3 Å². The van der Waals surface area contributed by atoms with Crippen molar-refractivity contribution < 1.29 is 14.4 Å². The summed E-state index contributed by atoms with van der Waals surface area (Å²) in [6.07, 6.45) is 0.944. The van der Waals surface area contributed by atoms with Gasteiger partial charge in [0.1, 0.15) is 18.8 Å². The van der Waals surface area contributed by atoms with Gasteiger partial charge >= 0.3 is 0 Å². The van der Waals surface area contributed by atoms with E-state index in [4.69, 9.17) is 27.9 Å². The third kappa shape index (κ3) is 5.56. The molecule has 0 aliphatic carbocycles. The highest BCUT2D eigenvalue weighted by Crippen LogP contribution is 2.28. The Hall–Kier alpha value is -1.38. The van der Waals surface area contributed by atoms with Crippen LogP contribution in [0.4, 0.5) is 10.8 Å². The number of carbonyl (C=O) groups excluding carboxylic acids is 1. The summed E-state index contributed by atoms with van der Waals surface area (Å²) in [7, 11) is 0. The minimum Gasteiger partial charge on any atom is -0.370 e.